The van der Waals surface area contributed by atoms with Crippen LogP contribution in [0.15, 0.2) is 24.3 Å². The number of carbonyl (C=O) groups excluding carboxylic acids is 2. The van der Waals surface area contributed by atoms with Crippen molar-refractivity contribution in [3.63, 3.8) is 0 Å². The van der Waals surface area contributed by atoms with Gasteiger partial charge in [-0.1, -0.05) is 6.07 Å². The van der Waals surface area contributed by atoms with Crippen molar-refractivity contribution in [2.45, 2.75) is 6.42 Å². The molecule has 0 spiro atoms. The zero-order valence-corrected chi connectivity index (χ0v) is 12.8. The first kappa shape index (κ1) is 17.1. The fraction of sp³-hybridized carbons (Fsp3) is 0.467. The Balaban J connectivity index is 2.36. The fourth-order valence-corrected chi connectivity index (χ4v) is 1.77. The van der Waals surface area contributed by atoms with Crippen LogP contribution < -0.4 is 10.6 Å². The number of nitrogens with one attached hydrogen (secondary N) is 2. The molecule has 1 aromatic carbocycles. The number of carbonyl (C=O) groups is 2. The molecule has 6 heteroatoms. The number of rotatable bonds is 8. The van der Waals surface area contributed by atoms with Crippen molar-refractivity contribution in [3.8, 4) is 0 Å². The van der Waals surface area contributed by atoms with Crippen LogP contribution in [-0.2, 0) is 9.53 Å². The maximum Gasteiger partial charge on any atom is 0.337 e. The minimum atomic E-state index is -0.423. The summed E-state index contributed by atoms with van der Waals surface area (Å²) in [7, 11) is 5.35. The molecule has 116 valence electrons. The minimum Gasteiger partial charge on any atom is -0.465 e. The third kappa shape index (κ3) is 6.87. The number of hydrogen-bond acceptors (Lipinski definition) is 5. The Labute approximate surface area is 125 Å². The first-order valence-corrected chi connectivity index (χ1v) is 6.86. The van der Waals surface area contributed by atoms with Crippen molar-refractivity contribution < 1.29 is 14.3 Å². The lowest BCUT2D eigenvalue weighted by molar-refractivity contribution is -0.115. The predicted molar refractivity (Wildman–Crippen MR) is 82.5 cm³/mol. The van der Waals surface area contributed by atoms with Crippen molar-refractivity contribution in [1.82, 2.24) is 10.2 Å². The SMILES string of the molecule is COC(=O)c1cccc(NC(=O)CNCCCN(C)C)c1. The van der Waals surface area contributed by atoms with E-state index in [2.05, 4.69) is 20.3 Å². The number of anilines is 1. The number of methoxy groups -OCH3 is 1. The standard InChI is InChI=1S/C15H23N3O3/c1-18(2)9-5-8-16-11-14(19)17-13-7-4-6-12(10-13)15(20)21-3/h4,6-7,10,16H,5,8-9,11H2,1-3H3,(H,17,19). The molecule has 0 aliphatic heterocycles. The van der Waals surface area contributed by atoms with Crippen molar-refractivity contribution in [2.75, 3.05) is 46.2 Å². The van der Waals surface area contributed by atoms with E-state index in [-0.39, 0.29) is 12.5 Å². The van der Waals surface area contributed by atoms with Crippen LogP contribution in [0, 0.1) is 0 Å². The van der Waals surface area contributed by atoms with Gasteiger partial charge in [-0.2, -0.15) is 0 Å². The number of esters is 1. The monoisotopic (exact) mass is 293 g/mol. The normalized spacial score (nSPS) is 10.5. The van der Waals surface area contributed by atoms with Crippen molar-refractivity contribution in [1.29, 1.82) is 0 Å². The van der Waals surface area contributed by atoms with Crippen LogP contribution in [-0.4, -0.2) is 57.6 Å². The third-order valence-corrected chi connectivity index (χ3v) is 2.81. The third-order valence-electron chi connectivity index (χ3n) is 2.81. The summed E-state index contributed by atoms with van der Waals surface area (Å²) in [6, 6.07) is 6.67. The highest BCUT2D eigenvalue weighted by Gasteiger charge is 2.07. The number of ether oxygens (including phenoxy) is 1. The first-order valence-electron chi connectivity index (χ1n) is 6.86. The summed E-state index contributed by atoms with van der Waals surface area (Å²) in [5.74, 6) is -0.560. The molecule has 0 saturated heterocycles. The summed E-state index contributed by atoms with van der Waals surface area (Å²) >= 11 is 0. The molecule has 0 aliphatic rings. The molecule has 1 amide bonds. The number of nitrogens with zero attached hydrogens (tertiary/aromatic N) is 1. The molecule has 0 aliphatic carbocycles. The maximum atomic E-state index is 11.8. The molecule has 21 heavy (non-hydrogen) atoms. The molecule has 1 rings (SSSR count). The molecule has 0 atom stereocenters. The summed E-state index contributed by atoms with van der Waals surface area (Å²) in [5, 5.41) is 5.82. The van der Waals surface area contributed by atoms with Gasteiger partial charge in [-0.15, -0.1) is 0 Å². The van der Waals surface area contributed by atoms with Gasteiger partial charge >= 0.3 is 5.97 Å². The Morgan fingerprint density at radius 3 is 2.71 bits per heavy atom. The second-order valence-corrected chi connectivity index (χ2v) is 4.95. The van der Waals surface area contributed by atoms with Crippen LogP contribution in [0.3, 0.4) is 0 Å². The largest absolute Gasteiger partial charge is 0.465 e. The average Bonchev–Trinajstić information content (AvgIpc) is 2.46. The highest BCUT2D eigenvalue weighted by atomic mass is 16.5. The molecule has 0 aromatic heterocycles. The molecule has 0 radical (unpaired) electrons. The Morgan fingerprint density at radius 2 is 2.05 bits per heavy atom. The van der Waals surface area contributed by atoms with Crippen molar-refractivity contribution in [3.05, 3.63) is 29.8 Å². The molecule has 2 N–H and O–H groups in total. The molecule has 6 nitrogen and oxygen atoms in total. The Hall–Kier alpha value is -1.92. The second kappa shape index (κ2) is 9.10. The van der Waals surface area contributed by atoms with Gasteiger partial charge in [0.05, 0.1) is 19.2 Å². The van der Waals surface area contributed by atoms with Crippen LogP contribution in [0.4, 0.5) is 5.69 Å². The summed E-state index contributed by atoms with van der Waals surface area (Å²) in [6.45, 7) is 2.01. The van der Waals surface area contributed by atoms with Gasteiger partial charge < -0.3 is 20.3 Å². The van der Waals surface area contributed by atoms with E-state index >= 15 is 0 Å². The molecule has 0 fully saturated rings. The zero-order chi connectivity index (χ0) is 15.7. The molecule has 0 heterocycles. The molecule has 0 saturated carbocycles. The minimum absolute atomic E-state index is 0.137. The number of amides is 1. The van der Waals surface area contributed by atoms with Gasteiger partial charge in [0, 0.05) is 5.69 Å². The summed E-state index contributed by atoms with van der Waals surface area (Å²) in [4.78, 5) is 25.3. The van der Waals surface area contributed by atoms with E-state index < -0.39 is 5.97 Å². The topological polar surface area (TPSA) is 70.7 Å². The van der Waals surface area contributed by atoms with E-state index in [0.29, 0.717) is 11.3 Å². The van der Waals surface area contributed by atoms with Crippen LogP contribution in [0.1, 0.15) is 16.8 Å². The van der Waals surface area contributed by atoms with Crippen LogP contribution in [0.25, 0.3) is 0 Å². The Kier molecular flexibility index (Phi) is 7.42. The zero-order valence-electron chi connectivity index (χ0n) is 12.8. The van der Waals surface area contributed by atoms with Crippen LogP contribution in [0.5, 0.6) is 0 Å². The molecule has 1 aromatic rings. The lowest BCUT2D eigenvalue weighted by Crippen LogP contribution is -2.30. The van der Waals surface area contributed by atoms with E-state index in [9.17, 15) is 9.59 Å². The highest BCUT2D eigenvalue weighted by molar-refractivity contribution is 5.95. The van der Waals surface area contributed by atoms with E-state index in [4.69, 9.17) is 0 Å². The van der Waals surface area contributed by atoms with Gasteiger partial charge in [0.15, 0.2) is 0 Å². The van der Waals surface area contributed by atoms with Gasteiger partial charge in [0.2, 0.25) is 5.91 Å². The van der Waals surface area contributed by atoms with Crippen molar-refractivity contribution >= 4 is 17.6 Å². The lowest BCUT2D eigenvalue weighted by atomic mass is 10.2. The average molecular weight is 293 g/mol. The van der Waals surface area contributed by atoms with Crippen LogP contribution in [0.2, 0.25) is 0 Å². The van der Waals surface area contributed by atoms with E-state index in [0.717, 1.165) is 19.5 Å². The van der Waals surface area contributed by atoms with Gasteiger partial charge in [-0.25, -0.2) is 4.79 Å². The van der Waals surface area contributed by atoms with E-state index in [1.165, 1.54) is 7.11 Å². The van der Waals surface area contributed by atoms with Gasteiger partial charge in [0.1, 0.15) is 0 Å². The molecular weight excluding hydrogens is 270 g/mol. The molecular formula is C15H23N3O3. The predicted octanol–water partition coefficient (Wildman–Crippen LogP) is 0.953. The smallest absolute Gasteiger partial charge is 0.337 e. The lowest BCUT2D eigenvalue weighted by Gasteiger charge is -2.10. The molecule has 0 unspecified atom stereocenters. The highest BCUT2D eigenvalue weighted by Crippen LogP contribution is 2.11. The fourth-order valence-electron chi connectivity index (χ4n) is 1.77. The van der Waals surface area contributed by atoms with E-state index in [1.807, 2.05) is 14.1 Å². The van der Waals surface area contributed by atoms with E-state index in [1.54, 1.807) is 24.3 Å². The Morgan fingerprint density at radius 1 is 1.29 bits per heavy atom. The van der Waals surface area contributed by atoms with Crippen molar-refractivity contribution in [2.24, 2.45) is 0 Å². The maximum absolute atomic E-state index is 11.8. The van der Waals surface area contributed by atoms with Gasteiger partial charge in [-0.05, 0) is 51.8 Å². The number of hydrogen-bond donors (Lipinski definition) is 2. The summed E-state index contributed by atoms with van der Waals surface area (Å²) in [6.07, 6.45) is 0.984. The summed E-state index contributed by atoms with van der Waals surface area (Å²) < 4.78 is 4.64. The van der Waals surface area contributed by atoms with Gasteiger partial charge in [0.25, 0.3) is 0 Å². The number of benzene rings is 1. The Bertz CT molecular complexity index is 475. The van der Waals surface area contributed by atoms with Gasteiger partial charge in [-0.3, -0.25) is 4.79 Å². The second-order valence-electron chi connectivity index (χ2n) is 4.95. The first-order chi connectivity index (χ1) is 10.0. The quantitative estimate of drug-likeness (QED) is 0.552. The molecule has 0 bridgehead atoms. The summed E-state index contributed by atoms with van der Waals surface area (Å²) in [5.41, 5.74) is 0.993. The van der Waals surface area contributed by atoms with Crippen LogP contribution >= 0.6 is 0 Å².